The molecule has 3 aromatic rings. The molecule has 1 amide bonds. The molecule has 0 aliphatic rings. The van der Waals surface area contributed by atoms with Crippen LogP contribution >= 0.6 is 0 Å². The predicted molar refractivity (Wildman–Crippen MR) is 97.2 cm³/mol. The number of nitrogens with zero attached hydrogens (tertiary/aromatic N) is 3. The zero-order valence-corrected chi connectivity index (χ0v) is 14.5. The Hall–Kier alpha value is -3.42. The first-order valence-corrected chi connectivity index (χ1v) is 8.27. The van der Waals surface area contributed by atoms with Crippen molar-refractivity contribution in [2.75, 3.05) is 18.4 Å². The molecule has 0 bridgehead atoms. The molecule has 8 heteroatoms. The lowest BCUT2D eigenvalue weighted by Crippen LogP contribution is -2.30. The van der Waals surface area contributed by atoms with E-state index in [9.17, 15) is 13.6 Å². The summed E-state index contributed by atoms with van der Waals surface area (Å²) in [5, 5.41) is 5.53. The number of halogens is 2. The van der Waals surface area contributed by atoms with Gasteiger partial charge >= 0.3 is 0 Å². The molecule has 0 fully saturated rings. The summed E-state index contributed by atoms with van der Waals surface area (Å²) in [6, 6.07) is 8.71. The van der Waals surface area contributed by atoms with Crippen LogP contribution in [0, 0.1) is 18.6 Å². The maximum Gasteiger partial charge on any atom is 0.257 e. The maximum absolute atomic E-state index is 13.6. The molecule has 27 heavy (non-hydrogen) atoms. The van der Waals surface area contributed by atoms with Gasteiger partial charge in [-0.3, -0.25) is 9.78 Å². The third-order valence-electron chi connectivity index (χ3n) is 3.68. The normalized spacial score (nSPS) is 10.5. The molecule has 2 N–H and O–H groups in total. The van der Waals surface area contributed by atoms with Crippen molar-refractivity contribution < 1.29 is 13.6 Å². The number of rotatable bonds is 6. The average molecular weight is 369 g/mol. The molecule has 0 radical (unpaired) electrons. The van der Waals surface area contributed by atoms with Gasteiger partial charge in [-0.1, -0.05) is 6.07 Å². The number of aryl methyl sites for hydroxylation is 1. The molecule has 3 rings (SSSR count). The number of hydrogen-bond donors (Lipinski definition) is 2. The highest BCUT2D eigenvalue weighted by atomic mass is 19.1. The Labute approximate surface area is 154 Å². The summed E-state index contributed by atoms with van der Waals surface area (Å²) in [6.45, 7) is 2.33. The van der Waals surface area contributed by atoms with E-state index in [1.165, 1.54) is 6.07 Å². The van der Waals surface area contributed by atoms with Crippen LogP contribution in [-0.2, 0) is 0 Å². The van der Waals surface area contributed by atoms with E-state index < -0.39 is 23.1 Å². The zero-order chi connectivity index (χ0) is 19.2. The van der Waals surface area contributed by atoms with Crippen molar-refractivity contribution in [3.63, 3.8) is 0 Å². The zero-order valence-electron chi connectivity index (χ0n) is 14.5. The summed E-state index contributed by atoms with van der Waals surface area (Å²) < 4.78 is 27.2. The van der Waals surface area contributed by atoms with Crippen molar-refractivity contribution >= 4 is 11.7 Å². The minimum atomic E-state index is -0.895. The van der Waals surface area contributed by atoms with Gasteiger partial charge in [0, 0.05) is 42.8 Å². The molecule has 0 atom stereocenters. The van der Waals surface area contributed by atoms with Gasteiger partial charge in [0.15, 0.2) is 5.82 Å². The Balaban J connectivity index is 1.60. The van der Waals surface area contributed by atoms with Crippen molar-refractivity contribution in [3.05, 3.63) is 71.7 Å². The number of benzene rings is 1. The van der Waals surface area contributed by atoms with Crippen LogP contribution in [0.25, 0.3) is 11.4 Å². The van der Waals surface area contributed by atoms with Gasteiger partial charge in [-0.15, -0.1) is 0 Å². The van der Waals surface area contributed by atoms with Crippen molar-refractivity contribution in [1.29, 1.82) is 0 Å². The molecule has 2 heterocycles. The molecule has 2 aromatic heterocycles. The lowest BCUT2D eigenvalue weighted by molar-refractivity contribution is 0.0946. The van der Waals surface area contributed by atoms with Crippen molar-refractivity contribution in [3.8, 4) is 11.4 Å². The van der Waals surface area contributed by atoms with Crippen LogP contribution in [0.4, 0.5) is 14.6 Å². The van der Waals surface area contributed by atoms with Crippen LogP contribution in [0.2, 0.25) is 0 Å². The summed E-state index contributed by atoms with van der Waals surface area (Å²) in [5.41, 5.74) is 0.964. The molecular formula is C19H17F2N5O. The fourth-order valence-electron chi connectivity index (χ4n) is 2.45. The van der Waals surface area contributed by atoms with E-state index >= 15 is 0 Å². The van der Waals surface area contributed by atoms with E-state index in [-0.39, 0.29) is 6.54 Å². The number of aromatic nitrogens is 3. The predicted octanol–water partition coefficient (Wildman–Crippen LogP) is 2.97. The third-order valence-corrected chi connectivity index (χ3v) is 3.68. The van der Waals surface area contributed by atoms with Gasteiger partial charge in [0.2, 0.25) is 0 Å². The van der Waals surface area contributed by atoms with Gasteiger partial charge in [-0.05, 0) is 31.2 Å². The van der Waals surface area contributed by atoms with Crippen molar-refractivity contribution in [2.24, 2.45) is 0 Å². The summed E-state index contributed by atoms with van der Waals surface area (Å²) in [6.07, 6.45) is 3.33. The van der Waals surface area contributed by atoms with Gasteiger partial charge in [0.25, 0.3) is 5.91 Å². The van der Waals surface area contributed by atoms with Crippen LogP contribution in [0.5, 0.6) is 0 Å². The van der Waals surface area contributed by atoms with E-state index in [0.29, 0.717) is 18.2 Å². The monoisotopic (exact) mass is 369 g/mol. The molecule has 138 valence electrons. The molecule has 0 aliphatic heterocycles. The Morgan fingerprint density at radius 2 is 1.85 bits per heavy atom. The van der Waals surface area contributed by atoms with Gasteiger partial charge in [-0.25, -0.2) is 18.7 Å². The van der Waals surface area contributed by atoms with Gasteiger partial charge in [0.05, 0.1) is 0 Å². The third kappa shape index (κ3) is 4.60. The van der Waals surface area contributed by atoms with E-state index in [4.69, 9.17) is 0 Å². The largest absolute Gasteiger partial charge is 0.368 e. The highest BCUT2D eigenvalue weighted by Crippen LogP contribution is 2.16. The molecule has 1 aromatic carbocycles. The maximum atomic E-state index is 13.6. The Bertz CT molecular complexity index is 930. The minimum absolute atomic E-state index is 0.165. The molecule has 0 saturated heterocycles. The smallest absolute Gasteiger partial charge is 0.257 e. The van der Waals surface area contributed by atoms with Gasteiger partial charge in [-0.2, -0.15) is 0 Å². The van der Waals surface area contributed by atoms with E-state index in [0.717, 1.165) is 23.4 Å². The molecule has 0 unspecified atom stereocenters. The number of carbonyl (C=O) groups is 1. The van der Waals surface area contributed by atoms with Crippen LogP contribution in [0.1, 0.15) is 16.1 Å². The molecule has 0 aliphatic carbocycles. The Morgan fingerprint density at radius 3 is 2.56 bits per heavy atom. The molecule has 0 saturated carbocycles. The fourth-order valence-corrected chi connectivity index (χ4v) is 2.45. The standard InChI is InChI=1S/C19H17F2N5O/c1-12-10-16(26-18(25-12)13-4-3-7-22-11-13)23-8-9-24-19(27)17-14(20)5-2-6-15(17)21/h2-7,10-11H,8-9H2,1H3,(H,24,27)(H,23,25,26). The SMILES string of the molecule is Cc1cc(NCCNC(=O)c2c(F)cccc2F)nc(-c2cccnc2)n1. The number of hydrogen-bond acceptors (Lipinski definition) is 5. The second kappa shape index (κ2) is 8.31. The highest BCUT2D eigenvalue weighted by molar-refractivity contribution is 5.94. The number of pyridine rings is 1. The summed E-state index contributed by atoms with van der Waals surface area (Å²) in [4.78, 5) is 24.8. The fraction of sp³-hybridized carbons (Fsp3) is 0.158. The minimum Gasteiger partial charge on any atom is -0.368 e. The van der Waals surface area contributed by atoms with E-state index in [2.05, 4.69) is 25.6 Å². The second-order valence-electron chi connectivity index (χ2n) is 5.74. The summed E-state index contributed by atoms with van der Waals surface area (Å²) in [5.74, 6) is -1.49. The molecule has 6 nitrogen and oxygen atoms in total. The molecular weight excluding hydrogens is 352 g/mol. The van der Waals surface area contributed by atoms with Crippen LogP contribution in [-0.4, -0.2) is 33.9 Å². The van der Waals surface area contributed by atoms with E-state index in [1.807, 2.05) is 13.0 Å². The Morgan fingerprint density at radius 1 is 1.07 bits per heavy atom. The van der Waals surface area contributed by atoms with Crippen molar-refractivity contribution in [2.45, 2.75) is 6.92 Å². The highest BCUT2D eigenvalue weighted by Gasteiger charge is 2.16. The number of nitrogens with one attached hydrogen (secondary N) is 2. The first-order valence-electron chi connectivity index (χ1n) is 8.27. The average Bonchev–Trinajstić information content (AvgIpc) is 2.65. The molecule has 0 spiro atoms. The summed E-state index contributed by atoms with van der Waals surface area (Å²) in [7, 11) is 0. The Kier molecular flexibility index (Phi) is 5.65. The first kappa shape index (κ1) is 18.4. The van der Waals surface area contributed by atoms with Gasteiger partial charge < -0.3 is 10.6 Å². The topological polar surface area (TPSA) is 79.8 Å². The lowest BCUT2D eigenvalue weighted by Gasteiger charge is -2.10. The lowest BCUT2D eigenvalue weighted by atomic mass is 10.2. The second-order valence-corrected chi connectivity index (χ2v) is 5.74. The quantitative estimate of drug-likeness (QED) is 0.653. The van der Waals surface area contributed by atoms with E-state index in [1.54, 1.807) is 24.5 Å². The number of amides is 1. The first-order chi connectivity index (χ1) is 13.0. The van der Waals surface area contributed by atoms with Crippen LogP contribution < -0.4 is 10.6 Å². The van der Waals surface area contributed by atoms with Crippen molar-refractivity contribution in [1.82, 2.24) is 20.3 Å². The van der Waals surface area contributed by atoms with Crippen LogP contribution in [0.15, 0.2) is 48.8 Å². The number of anilines is 1. The summed E-state index contributed by atoms with van der Waals surface area (Å²) >= 11 is 0. The number of carbonyl (C=O) groups excluding carboxylic acids is 1. The van der Waals surface area contributed by atoms with Crippen LogP contribution in [0.3, 0.4) is 0 Å². The van der Waals surface area contributed by atoms with Gasteiger partial charge in [0.1, 0.15) is 23.0 Å².